The van der Waals surface area contributed by atoms with Crippen molar-refractivity contribution in [2.75, 3.05) is 14.2 Å². The van der Waals surface area contributed by atoms with Crippen molar-refractivity contribution in [2.45, 2.75) is 17.0 Å². The third-order valence-electron chi connectivity index (χ3n) is 3.99. The summed E-state index contributed by atoms with van der Waals surface area (Å²) in [4.78, 5) is 0. The Morgan fingerprint density at radius 2 is 1.64 bits per heavy atom. The van der Waals surface area contributed by atoms with E-state index in [-0.39, 0.29) is 0 Å². The molecule has 28 heavy (non-hydrogen) atoms. The van der Waals surface area contributed by atoms with E-state index < -0.39 is 11.7 Å². The van der Waals surface area contributed by atoms with Gasteiger partial charge >= 0.3 is 6.18 Å². The molecule has 1 aromatic heterocycles. The third-order valence-corrected chi connectivity index (χ3v) is 4.98. The fourth-order valence-corrected chi connectivity index (χ4v) is 3.27. The summed E-state index contributed by atoms with van der Waals surface area (Å²) in [7, 11) is 3.15. The quantitative estimate of drug-likeness (QED) is 0.508. The summed E-state index contributed by atoms with van der Waals surface area (Å²) in [6, 6.07) is 14.2. The second-order valence-corrected chi connectivity index (χ2v) is 6.80. The van der Waals surface area contributed by atoms with Crippen LogP contribution in [0, 0.1) is 0 Å². The molecule has 0 fully saturated rings. The molecule has 0 N–H and O–H groups in total. The zero-order chi connectivity index (χ0) is 20.1. The van der Waals surface area contributed by atoms with Gasteiger partial charge in [-0.3, -0.25) is 0 Å². The summed E-state index contributed by atoms with van der Waals surface area (Å²) < 4.78 is 48.4. The standard InChI is InChI=1S/C20H17F3N2O2S/c1-26-15-7-8-16(18(11-15)27-2)17-9-10-19(25-24-17)28-12-13-3-5-14(6-4-13)20(21,22)23/h3-11H,12H2,1-2H3. The second kappa shape index (κ2) is 8.52. The van der Waals surface area contributed by atoms with E-state index in [1.165, 1.54) is 23.9 Å². The lowest BCUT2D eigenvalue weighted by Crippen LogP contribution is -2.04. The molecule has 0 radical (unpaired) electrons. The maximum atomic E-state index is 12.6. The largest absolute Gasteiger partial charge is 0.497 e. The number of thioether (sulfide) groups is 1. The maximum Gasteiger partial charge on any atom is 0.416 e. The third kappa shape index (κ3) is 4.75. The van der Waals surface area contributed by atoms with E-state index in [0.29, 0.717) is 28.0 Å². The number of halogens is 3. The summed E-state index contributed by atoms with van der Waals surface area (Å²) >= 11 is 1.40. The van der Waals surface area contributed by atoms with Crippen molar-refractivity contribution in [3.05, 3.63) is 65.7 Å². The SMILES string of the molecule is COc1ccc(-c2ccc(SCc3ccc(C(F)(F)F)cc3)nn2)c(OC)c1. The van der Waals surface area contributed by atoms with Gasteiger partial charge in [0, 0.05) is 17.4 Å². The lowest BCUT2D eigenvalue weighted by molar-refractivity contribution is -0.137. The minimum Gasteiger partial charge on any atom is -0.497 e. The van der Waals surface area contributed by atoms with E-state index in [2.05, 4.69) is 10.2 Å². The van der Waals surface area contributed by atoms with Crippen LogP contribution in [0.25, 0.3) is 11.3 Å². The van der Waals surface area contributed by atoms with Gasteiger partial charge < -0.3 is 9.47 Å². The molecule has 3 aromatic rings. The highest BCUT2D eigenvalue weighted by molar-refractivity contribution is 7.98. The summed E-state index contributed by atoms with van der Waals surface area (Å²) in [6.07, 6.45) is -4.32. The molecule has 0 saturated heterocycles. The minimum atomic E-state index is -4.32. The monoisotopic (exact) mass is 406 g/mol. The number of ether oxygens (including phenoxy) is 2. The molecule has 4 nitrogen and oxygen atoms in total. The van der Waals surface area contributed by atoms with E-state index in [4.69, 9.17) is 9.47 Å². The van der Waals surface area contributed by atoms with Gasteiger partial charge in [-0.15, -0.1) is 10.2 Å². The zero-order valence-electron chi connectivity index (χ0n) is 15.2. The first kappa shape index (κ1) is 20.0. The van der Waals surface area contributed by atoms with Crippen LogP contribution >= 0.6 is 11.8 Å². The lowest BCUT2D eigenvalue weighted by Gasteiger charge is -2.10. The van der Waals surface area contributed by atoms with Crippen LogP contribution in [0.1, 0.15) is 11.1 Å². The van der Waals surface area contributed by atoms with Gasteiger partial charge in [-0.1, -0.05) is 23.9 Å². The fourth-order valence-electron chi connectivity index (χ4n) is 2.50. The number of rotatable bonds is 6. The smallest absolute Gasteiger partial charge is 0.416 e. The van der Waals surface area contributed by atoms with Crippen LogP contribution < -0.4 is 9.47 Å². The Bertz CT molecular complexity index is 930. The number of benzene rings is 2. The number of methoxy groups -OCH3 is 2. The molecule has 0 spiro atoms. The predicted molar refractivity (Wildman–Crippen MR) is 102 cm³/mol. The van der Waals surface area contributed by atoms with Crippen LogP contribution in [0.3, 0.4) is 0 Å². The Balaban J connectivity index is 1.68. The van der Waals surface area contributed by atoms with E-state index in [0.717, 1.165) is 23.3 Å². The van der Waals surface area contributed by atoms with Crippen molar-refractivity contribution in [1.82, 2.24) is 10.2 Å². The Kier molecular flexibility index (Phi) is 6.08. The first-order chi connectivity index (χ1) is 13.4. The molecule has 0 aliphatic heterocycles. The Morgan fingerprint density at radius 3 is 2.21 bits per heavy atom. The lowest BCUT2D eigenvalue weighted by atomic mass is 10.1. The highest BCUT2D eigenvalue weighted by Crippen LogP contribution is 2.33. The molecule has 2 aromatic carbocycles. The van der Waals surface area contributed by atoms with Crippen molar-refractivity contribution in [3.8, 4) is 22.8 Å². The minimum absolute atomic E-state index is 0.498. The maximum absolute atomic E-state index is 12.6. The molecule has 146 valence electrons. The topological polar surface area (TPSA) is 44.2 Å². The molecule has 0 aliphatic rings. The van der Waals surface area contributed by atoms with Crippen LogP contribution in [-0.4, -0.2) is 24.4 Å². The normalized spacial score (nSPS) is 11.3. The molecule has 0 bridgehead atoms. The van der Waals surface area contributed by atoms with E-state index in [1.807, 2.05) is 24.3 Å². The van der Waals surface area contributed by atoms with Crippen LogP contribution in [0.5, 0.6) is 11.5 Å². The first-order valence-electron chi connectivity index (χ1n) is 8.26. The molecule has 0 unspecified atom stereocenters. The number of hydrogen-bond acceptors (Lipinski definition) is 5. The molecule has 0 aliphatic carbocycles. The highest BCUT2D eigenvalue weighted by atomic mass is 32.2. The fraction of sp³-hybridized carbons (Fsp3) is 0.200. The Hall–Kier alpha value is -2.74. The van der Waals surface area contributed by atoms with Crippen molar-refractivity contribution in [1.29, 1.82) is 0 Å². The average Bonchev–Trinajstić information content (AvgIpc) is 2.72. The van der Waals surface area contributed by atoms with Gasteiger partial charge in [-0.05, 0) is 42.0 Å². The second-order valence-electron chi connectivity index (χ2n) is 5.81. The first-order valence-corrected chi connectivity index (χ1v) is 9.24. The van der Waals surface area contributed by atoms with Gasteiger partial charge in [-0.2, -0.15) is 13.2 Å². The van der Waals surface area contributed by atoms with Gasteiger partial charge in [0.05, 0.1) is 25.5 Å². The molecule has 3 rings (SSSR count). The summed E-state index contributed by atoms with van der Waals surface area (Å²) in [5.41, 5.74) is 1.56. The molecule has 0 saturated carbocycles. The van der Waals surface area contributed by atoms with Crippen molar-refractivity contribution in [2.24, 2.45) is 0 Å². The van der Waals surface area contributed by atoms with Crippen LogP contribution in [0.4, 0.5) is 13.2 Å². The van der Waals surface area contributed by atoms with E-state index in [9.17, 15) is 13.2 Å². The van der Waals surface area contributed by atoms with Gasteiger partial charge in [0.2, 0.25) is 0 Å². The molecular weight excluding hydrogens is 389 g/mol. The number of alkyl halides is 3. The van der Waals surface area contributed by atoms with Crippen LogP contribution in [0.15, 0.2) is 59.6 Å². The molecule has 0 atom stereocenters. The van der Waals surface area contributed by atoms with E-state index in [1.54, 1.807) is 20.3 Å². The number of aromatic nitrogens is 2. The summed E-state index contributed by atoms with van der Waals surface area (Å²) in [5.74, 6) is 1.80. The summed E-state index contributed by atoms with van der Waals surface area (Å²) in [5, 5.41) is 9.10. The highest BCUT2D eigenvalue weighted by Gasteiger charge is 2.29. The van der Waals surface area contributed by atoms with Crippen LogP contribution in [-0.2, 0) is 11.9 Å². The Morgan fingerprint density at radius 1 is 0.893 bits per heavy atom. The molecule has 0 amide bonds. The number of hydrogen-bond donors (Lipinski definition) is 0. The van der Waals surface area contributed by atoms with Gasteiger partial charge in [0.1, 0.15) is 16.5 Å². The van der Waals surface area contributed by atoms with Crippen molar-refractivity contribution < 1.29 is 22.6 Å². The van der Waals surface area contributed by atoms with E-state index >= 15 is 0 Å². The van der Waals surface area contributed by atoms with Gasteiger partial charge in [-0.25, -0.2) is 0 Å². The molecule has 8 heteroatoms. The number of nitrogens with zero attached hydrogens (tertiary/aromatic N) is 2. The average molecular weight is 406 g/mol. The zero-order valence-corrected chi connectivity index (χ0v) is 16.0. The van der Waals surface area contributed by atoms with Crippen molar-refractivity contribution in [3.63, 3.8) is 0 Å². The molecule has 1 heterocycles. The summed E-state index contributed by atoms with van der Waals surface area (Å²) in [6.45, 7) is 0. The molecular formula is C20H17F3N2O2S. The van der Waals surface area contributed by atoms with Crippen molar-refractivity contribution >= 4 is 11.8 Å². The van der Waals surface area contributed by atoms with Crippen LogP contribution in [0.2, 0.25) is 0 Å². The van der Waals surface area contributed by atoms with Gasteiger partial charge in [0.15, 0.2) is 0 Å². The predicted octanol–water partition coefficient (Wildman–Crippen LogP) is 5.47. The van der Waals surface area contributed by atoms with Gasteiger partial charge in [0.25, 0.3) is 0 Å². The Labute approximate surface area is 164 Å².